The van der Waals surface area contributed by atoms with E-state index < -0.39 is 5.91 Å². The van der Waals surface area contributed by atoms with E-state index in [1.807, 2.05) is 6.92 Å². The first kappa shape index (κ1) is 18.8. The van der Waals surface area contributed by atoms with Crippen LogP contribution in [0.3, 0.4) is 0 Å². The SMILES string of the molecule is CCOc1c(Cl)cc(CNC(=O)c2cc(=O)c3ccccc3o2)cc1OC. The van der Waals surface area contributed by atoms with Gasteiger partial charge in [-0.05, 0) is 36.8 Å². The predicted octanol–water partition coefficient (Wildman–Crippen LogP) is 3.78. The molecule has 27 heavy (non-hydrogen) atoms. The lowest BCUT2D eigenvalue weighted by atomic mass is 10.2. The summed E-state index contributed by atoms with van der Waals surface area (Å²) in [5, 5.41) is 3.53. The number of amides is 1. The maximum absolute atomic E-state index is 12.4. The van der Waals surface area contributed by atoms with Crippen LogP contribution in [0.5, 0.6) is 11.5 Å². The lowest BCUT2D eigenvalue weighted by Gasteiger charge is -2.13. The molecule has 1 N–H and O–H groups in total. The van der Waals surface area contributed by atoms with Gasteiger partial charge in [-0.15, -0.1) is 0 Å². The number of nitrogens with one attached hydrogen (secondary N) is 1. The highest BCUT2D eigenvalue weighted by molar-refractivity contribution is 6.32. The Morgan fingerprint density at radius 1 is 1.22 bits per heavy atom. The molecule has 1 aromatic heterocycles. The molecule has 0 spiro atoms. The molecule has 0 aliphatic carbocycles. The minimum atomic E-state index is -0.498. The third-order valence-corrected chi connectivity index (χ3v) is 4.17. The van der Waals surface area contributed by atoms with E-state index in [2.05, 4.69) is 5.32 Å². The van der Waals surface area contributed by atoms with Gasteiger partial charge in [0.05, 0.1) is 24.1 Å². The van der Waals surface area contributed by atoms with Crippen LogP contribution in [0, 0.1) is 0 Å². The Bertz CT molecular complexity index is 1040. The number of rotatable bonds is 6. The molecular formula is C20H18ClNO5. The number of ether oxygens (including phenoxy) is 2. The van der Waals surface area contributed by atoms with Gasteiger partial charge < -0.3 is 19.2 Å². The van der Waals surface area contributed by atoms with Crippen LogP contribution >= 0.6 is 11.6 Å². The van der Waals surface area contributed by atoms with E-state index in [1.165, 1.54) is 13.2 Å². The number of carbonyl (C=O) groups excluding carboxylic acids is 1. The third-order valence-electron chi connectivity index (χ3n) is 3.89. The van der Waals surface area contributed by atoms with Crippen LogP contribution < -0.4 is 20.2 Å². The summed E-state index contributed by atoms with van der Waals surface area (Å²) in [6.45, 7) is 2.48. The first-order chi connectivity index (χ1) is 13.0. The molecule has 3 rings (SSSR count). The molecule has 0 saturated carbocycles. The van der Waals surface area contributed by atoms with Crippen LogP contribution in [0.25, 0.3) is 11.0 Å². The van der Waals surface area contributed by atoms with Crippen molar-refractivity contribution in [2.24, 2.45) is 0 Å². The second kappa shape index (κ2) is 8.14. The number of methoxy groups -OCH3 is 1. The van der Waals surface area contributed by atoms with Crippen LogP contribution in [0.2, 0.25) is 5.02 Å². The Morgan fingerprint density at radius 3 is 2.74 bits per heavy atom. The van der Waals surface area contributed by atoms with Crippen LogP contribution in [-0.2, 0) is 6.54 Å². The van der Waals surface area contributed by atoms with E-state index in [1.54, 1.807) is 36.4 Å². The van der Waals surface area contributed by atoms with Crippen molar-refractivity contribution in [1.29, 1.82) is 0 Å². The molecule has 3 aromatic rings. The summed E-state index contributed by atoms with van der Waals surface area (Å²) in [4.78, 5) is 24.5. The smallest absolute Gasteiger partial charge is 0.287 e. The largest absolute Gasteiger partial charge is 0.493 e. The molecule has 0 unspecified atom stereocenters. The number of halogens is 1. The Labute approximate surface area is 160 Å². The van der Waals surface area contributed by atoms with Gasteiger partial charge in [0.15, 0.2) is 22.7 Å². The highest BCUT2D eigenvalue weighted by Crippen LogP contribution is 2.36. The fraction of sp³-hybridized carbons (Fsp3) is 0.200. The zero-order chi connectivity index (χ0) is 19.4. The normalized spacial score (nSPS) is 10.6. The van der Waals surface area contributed by atoms with Gasteiger partial charge in [-0.2, -0.15) is 0 Å². The summed E-state index contributed by atoms with van der Waals surface area (Å²) in [5.74, 6) is 0.382. The Kier molecular flexibility index (Phi) is 5.66. The van der Waals surface area contributed by atoms with E-state index in [4.69, 9.17) is 25.5 Å². The van der Waals surface area contributed by atoms with Crippen molar-refractivity contribution in [3.05, 3.63) is 69.0 Å². The third kappa shape index (κ3) is 4.06. The highest BCUT2D eigenvalue weighted by Gasteiger charge is 2.15. The molecule has 2 aromatic carbocycles. The second-order valence-electron chi connectivity index (χ2n) is 5.70. The number of hydrogen-bond donors (Lipinski definition) is 1. The number of para-hydroxylation sites is 1. The summed E-state index contributed by atoms with van der Waals surface area (Å²) in [5.41, 5.74) is 0.811. The average Bonchev–Trinajstić information content (AvgIpc) is 2.67. The molecule has 0 bridgehead atoms. The van der Waals surface area contributed by atoms with Crippen molar-refractivity contribution >= 4 is 28.5 Å². The average molecular weight is 388 g/mol. The molecular weight excluding hydrogens is 370 g/mol. The molecule has 1 heterocycles. The van der Waals surface area contributed by atoms with Gasteiger partial charge in [-0.3, -0.25) is 9.59 Å². The number of carbonyl (C=O) groups is 1. The topological polar surface area (TPSA) is 77.8 Å². The highest BCUT2D eigenvalue weighted by atomic mass is 35.5. The van der Waals surface area contributed by atoms with Crippen LogP contribution in [-0.4, -0.2) is 19.6 Å². The maximum Gasteiger partial charge on any atom is 0.287 e. The molecule has 0 fully saturated rings. The fourth-order valence-corrected chi connectivity index (χ4v) is 2.93. The monoisotopic (exact) mass is 387 g/mol. The van der Waals surface area contributed by atoms with Crippen LogP contribution in [0.15, 0.2) is 51.7 Å². The zero-order valence-electron chi connectivity index (χ0n) is 14.9. The standard InChI is InChI=1S/C20H18ClNO5/c1-3-26-19-14(21)8-12(9-17(19)25-2)11-22-20(24)18-10-15(23)13-6-4-5-7-16(13)27-18/h4-10H,3,11H2,1-2H3,(H,22,24). The van der Waals surface area contributed by atoms with E-state index in [9.17, 15) is 9.59 Å². The van der Waals surface area contributed by atoms with Crippen LogP contribution in [0.1, 0.15) is 23.0 Å². The van der Waals surface area contributed by atoms with Crippen molar-refractivity contribution in [3.63, 3.8) is 0 Å². The van der Waals surface area contributed by atoms with Gasteiger partial charge in [0.25, 0.3) is 5.91 Å². The molecule has 0 aliphatic rings. The zero-order valence-corrected chi connectivity index (χ0v) is 15.6. The minimum absolute atomic E-state index is 0.0531. The number of fused-ring (bicyclic) bond motifs is 1. The molecule has 6 nitrogen and oxygen atoms in total. The van der Waals surface area contributed by atoms with E-state index in [-0.39, 0.29) is 17.7 Å². The summed E-state index contributed by atoms with van der Waals surface area (Å²) in [7, 11) is 1.51. The summed E-state index contributed by atoms with van der Waals surface area (Å²) in [6, 6.07) is 11.4. The van der Waals surface area contributed by atoms with Gasteiger partial charge in [0, 0.05) is 12.6 Å². The van der Waals surface area contributed by atoms with Crippen molar-refractivity contribution < 1.29 is 18.7 Å². The first-order valence-electron chi connectivity index (χ1n) is 8.33. The summed E-state index contributed by atoms with van der Waals surface area (Å²) < 4.78 is 16.3. The number of benzene rings is 2. The fourth-order valence-electron chi connectivity index (χ4n) is 2.65. The molecule has 0 saturated heterocycles. The quantitative estimate of drug-likeness (QED) is 0.696. The minimum Gasteiger partial charge on any atom is -0.493 e. The lowest BCUT2D eigenvalue weighted by Crippen LogP contribution is -2.24. The predicted molar refractivity (Wildman–Crippen MR) is 103 cm³/mol. The molecule has 7 heteroatoms. The van der Waals surface area contributed by atoms with Gasteiger partial charge >= 0.3 is 0 Å². The molecule has 0 radical (unpaired) electrons. The van der Waals surface area contributed by atoms with Gasteiger partial charge in [-0.1, -0.05) is 23.7 Å². The molecule has 140 valence electrons. The first-order valence-corrected chi connectivity index (χ1v) is 8.71. The maximum atomic E-state index is 12.4. The Hall–Kier alpha value is -2.99. The Morgan fingerprint density at radius 2 is 2.00 bits per heavy atom. The van der Waals surface area contributed by atoms with Crippen molar-refractivity contribution in [1.82, 2.24) is 5.32 Å². The van der Waals surface area contributed by atoms with Crippen molar-refractivity contribution in [2.75, 3.05) is 13.7 Å². The van der Waals surface area contributed by atoms with E-state index in [0.717, 1.165) is 5.56 Å². The van der Waals surface area contributed by atoms with E-state index >= 15 is 0 Å². The lowest BCUT2D eigenvalue weighted by molar-refractivity contribution is 0.0923. The molecule has 0 atom stereocenters. The van der Waals surface area contributed by atoms with Gasteiger partial charge in [0.2, 0.25) is 0 Å². The Balaban J connectivity index is 1.80. The van der Waals surface area contributed by atoms with Gasteiger partial charge in [-0.25, -0.2) is 0 Å². The second-order valence-corrected chi connectivity index (χ2v) is 6.10. The van der Waals surface area contributed by atoms with Crippen molar-refractivity contribution in [3.8, 4) is 11.5 Å². The van der Waals surface area contributed by atoms with Gasteiger partial charge in [0.1, 0.15) is 5.58 Å². The summed E-state index contributed by atoms with van der Waals surface area (Å²) >= 11 is 6.23. The van der Waals surface area contributed by atoms with Crippen LogP contribution in [0.4, 0.5) is 0 Å². The summed E-state index contributed by atoms with van der Waals surface area (Å²) in [6.07, 6.45) is 0. The number of hydrogen-bond acceptors (Lipinski definition) is 5. The molecule has 0 aliphatic heterocycles. The molecule has 1 amide bonds. The van der Waals surface area contributed by atoms with E-state index in [0.29, 0.717) is 34.1 Å². The van der Waals surface area contributed by atoms with Crippen molar-refractivity contribution in [2.45, 2.75) is 13.5 Å².